The second-order valence-electron chi connectivity index (χ2n) is 8.14. The molecule has 0 aliphatic heterocycles. The van der Waals surface area contributed by atoms with Crippen LogP contribution in [0.4, 0.5) is 23.5 Å². The van der Waals surface area contributed by atoms with Gasteiger partial charge < -0.3 is 20.8 Å². The maximum Gasteiger partial charge on any atom is 0.339 e. The molecule has 3 aromatic heterocycles. The van der Waals surface area contributed by atoms with Crippen molar-refractivity contribution in [2.75, 3.05) is 10.6 Å². The number of rotatable bonds is 8. The van der Waals surface area contributed by atoms with Crippen molar-refractivity contribution < 1.29 is 15.0 Å². The van der Waals surface area contributed by atoms with Gasteiger partial charge in [0.25, 0.3) is 5.95 Å². The lowest BCUT2D eigenvalue weighted by Crippen LogP contribution is -2.25. The summed E-state index contributed by atoms with van der Waals surface area (Å²) in [5, 5.41) is 29.4. The van der Waals surface area contributed by atoms with Gasteiger partial charge in [0.05, 0.1) is 24.5 Å². The summed E-state index contributed by atoms with van der Waals surface area (Å²) in [4.78, 5) is 35.0. The summed E-state index contributed by atoms with van der Waals surface area (Å²) >= 11 is 0. The molecule has 0 unspecified atom stereocenters. The Hall–Kier alpha value is -5.52. The third-order valence-corrected chi connectivity index (χ3v) is 5.53. The van der Waals surface area contributed by atoms with Crippen molar-refractivity contribution >= 4 is 40.3 Å². The molecule has 5 aromatic rings. The Kier molecular flexibility index (Phi) is 6.76. The smallest absolute Gasteiger partial charge is 0.339 e. The van der Waals surface area contributed by atoms with Crippen LogP contribution in [0, 0.1) is 0 Å². The lowest BCUT2D eigenvalue weighted by atomic mass is 10.0. The van der Waals surface area contributed by atoms with Gasteiger partial charge in [0.2, 0.25) is 11.9 Å². The highest BCUT2D eigenvalue weighted by molar-refractivity contribution is 6.04. The van der Waals surface area contributed by atoms with Crippen LogP contribution >= 0.6 is 0 Å². The van der Waals surface area contributed by atoms with E-state index in [1.807, 2.05) is 41.3 Å². The highest BCUT2D eigenvalue weighted by Crippen LogP contribution is 2.39. The molecule has 0 aliphatic rings. The normalized spacial score (nSPS) is 11.2. The molecular formula is C26H21N9O3. The van der Waals surface area contributed by atoms with Gasteiger partial charge in [-0.1, -0.05) is 36.4 Å². The summed E-state index contributed by atoms with van der Waals surface area (Å²) in [6, 6.07) is 19.4. The SMILES string of the molecule is Nc1nc(/N=N/c2c(O)c(C(=O)O)cc3ccccc23)nc(N(Cc2ccccn2)Cc2ccccn2)n1. The van der Waals surface area contributed by atoms with Crippen molar-refractivity contribution in [1.82, 2.24) is 24.9 Å². The fraction of sp³-hybridized carbons (Fsp3) is 0.0769. The molecule has 0 radical (unpaired) electrons. The Morgan fingerprint density at radius 2 is 1.53 bits per heavy atom. The minimum absolute atomic E-state index is 0.0279. The maximum atomic E-state index is 11.7. The van der Waals surface area contributed by atoms with Gasteiger partial charge in [0, 0.05) is 17.8 Å². The van der Waals surface area contributed by atoms with Crippen LogP contribution in [-0.2, 0) is 13.1 Å². The number of phenols is 1. The van der Waals surface area contributed by atoms with E-state index in [4.69, 9.17) is 5.73 Å². The fourth-order valence-corrected chi connectivity index (χ4v) is 3.80. The number of aromatic hydroxyl groups is 1. The number of carbonyl (C=O) groups is 1. The van der Waals surface area contributed by atoms with Crippen LogP contribution in [0.15, 0.2) is 89.4 Å². The summed E-state index contributed by atoms with van der Waals surface area (Å²) in [5.74, 6) is -1.81. The molecule has 3 heterocycles. The first-order valence-corrected chi connectivity index (χ1v) is 11.4. The molecule has 0 saturated heterocycles. The standard InChI is InChI=1S/C26H21N9O3/c27-24-30-25(34-33-21-19-10-2-1-7-16(19)13-20(22(21)36)23(37)38)32-26(31-24)35(14-17-8-3-5-11-28-17)15-18-9-4-6-12-29-18/h1-13,36H,14-15H2,(H,37,38)(H2,27,30,31,32)/b34-33+. The summed E-state index contributed by atoms with van der Waals surface area (Å²) in [6.07, 6.45) is 3.38. The van der Waals surface area contributed by atoms with Gasteiger partial charge in [-0.25, -0.2) is 4.79 Å². The van der Waals surface area contributed by atoms with Crippen molar-refractivity contribution in [3.63, 3.8) is 0 Å². The first-order chi connectivity index (χ1) is 18.5. The molecule has 12 nitrogen and oxygen atoms in total. The Labute approximate surface area is 216 Å². The van der Waals surface area contributed by atoms with Crippen molar-refractivity contribution in [3.8, 4) is 5.75 Å². The molecule has 0 spiro atoms. The van der Waals surface area contributed by atoms with E-state index in [2.05, 4.69) is 35.1 Å². The minimum Gasteiger partial charge on any atom is -0.505 e. The van der Waals surface area contributed by atoms with Crippen molar-refractivity contribution in [3.05, 3.63) is 96.1 Å². The van der Waals surface area contributed by atoms with Crippen LogP contribution < -0.4 is 10.6 Å². The molecule has 0 aliphatic carbocycles. The summed E-state index contributed by atoms with van der Waals surface area (Å²) in [6.45, 7) is 0.701. The van der Waals surface area contributed by atoms with E-state index in [1.54, 1.807) is 36.7 Å². The first kappa shape index (κ1) is 24.2. The third kappa shape index (κ3) is 5.33. The van der Waals surface area contributed by atoms with E-state index in [0.29, 0.717) is 23.9 Å². The van der Waals surface area contributed by atoms with Crippen LogP contribution in [-0.4, -0.2) is 41.1 Å². The molecule has 38 heavy (non-hydrogen) atoms. The number of anilines is 2. The van der Waals surface area contributed by atoms with Crippen molar-refractivity contribution in [2.24, 2.45) is 10.2 Å². The number of benzene rings is 2. The van der Waals surface area contributed by atoms with Crippen LogP contribution in [0.2, 0.25) is 0 Å². The molecule has 4 N–H and O–H groups in total. The Morgan fingerprint density at radius 1 is 0.868 bits per heavy atom. The van der Waals surface area contributed by atoms with Crippen molar-refractivity contribution in [1.29, 1.82) is 0 Å². The number of carboxylic acid groups (broad SMARTS) is 1. The molecular weight excluding hydrogens is 486 g/mol. The number of nitrogen functional groups attached to an aromatic ring is 1. The van der Waals surface area contributed by atoms with Gasteiger partial charge >= 0.3 is 5.97 Å². The van der Waals surface area contributed by atoms with Crippen LogP contribution in [0.5, 0.6) is 5.75 Å². The van der Waals surface area contributed by atoms with Gasteiger partial charge in [0.1, 0.15) is 11.3 Å². The quantitative estimate of drug-likeness (QED) is 0.255. The van der Waals surface area contributed by atoms with Gasteiger partial charge in [-0.15, -0.1) is 10.2 Å². The topological polar surface area (TPSA) is 176 Å². The van der Waals surface area contributed by atoms with E-state index in [1.165, 1.54) is 6.07 Å². The Bertz CT molecular complexity index is 1590. The predicted molar refractivity (Wildman–Crippen MR) is 139 cm³/mol. The van der Waals surface area contributed by atoms with E-state index in [0.717, 1.165) is 11.4 Å². The van der Waals surface area contributed by atoms with E-state index < -0.39 is 11.7 Å². The second kappa shape index (κ2) is 10.6. The average Bonchev–Trinajstić information content (AvgIpc) is 2.92. The molecule has 0 atom stereocenters. The molecule has 0 fully saturated rings. The highest BCUT2D eigenvalue weighted by Gasteiger charge is 2.19. The van der Waals surface area contributed by atoms with Gasteiger partial charge in [0.15, 0.2) is 5.75 Å². The van der Waals surface area contributed by atoms with E-state index in [-0.39, 0.29) is 29.1 Å². The van der Waals surface area contributed by atoms with Crippen LogP contribution in [0.3, 0.4) is 0 Å². The van der Waals surface area contributed by atoms with Gasteiger partial charge in [-0.05, 0) is 35.7 Å². The number of nitrogens with two attached hydrogens (primary N) is 1. The minimum atomic E-state index is -1.30. The van der Waals surface area contributed by atoms with Crippen molar-refractivity contribution in [2.45, 2.75) is 13.1 Å². The average molecular weight is 508 g/mol. The molecule has 5 rings (SSSR count). The summed E-state index contributed by atoms with van der Waals surface area (Å²) in [7, 11) is 0. The number of aromatic carboxylic acids is 1. The van der Waals surface area contributed by atoms with Crippen LogP contribution in [0.25, 0.3) is 10.8 Å². The lowest BCUT2D eigenvalue weighted by Gasteiger charge is -2.22. The number of nitrogens with zero attached hydrogens (tertiary/aromatic N) is 8. The molecule has 0 bridgehead atoms. The monoisotopic (exact) mass is 507 g/mol. The first-order valence-electron chi connectivity index (χ1n) is 11.4. The number of azo groups is 1. The zero-order chi connectivity index (χ0) is 26.5. The number of carboxylic acids is 1. The van der Waals surface area contributed by atoms with E-state index in [9.17, 15) is 15.0 Å². The zero-order valence-electron chi connectivity index (χ0n) is 19.9. The van der Waals surface area contributed by atoms with Gasteiger partial charge in [-0.3, -0.25) is 9.97 Å². The molecule has 188 valence electrons. The second-order valence-corrected chi connectivity index (χ2v) is 8.14. The number of hydrogen-bond donors (Lipinski definition) is 3. The molecule has 2 aromatic carbocycles. The number of hydrogen-bond acceptors (Lipinski definition) is 11. The predicted octanol–water partition coefficient (Wildman–Crippen LogP) is 4.42. The molecule has 0 amide bonds. The Balaban J connectivity index is 1.54. The third-order valence-electron chi connectivity index (χ3n) is 5.53. The van der Waals surface area contributed by atoms with E-state index >= 15 is 0 Å². The molecule has 0 saturated carbocycles. The number of pyridine rings is 2. The summed E-state index contributed by atoms with van der Waals surface area (Å²) < 4.78 is 0. The summed E-state index contributed by atoms with van der Waals surface area (Å²) in [5.41, 5.74) is 7.20. The largest absolute Gasteiger partial charge is 0.505 e. The fourth-order valence-electron chi connectivity index (χ4n) is 3.80. The van der Waals surface area contributed by atoms with Crippen LogP contribution in [0.1, 0.15) is 21.7 Å². The number of fused-ring (bicyclic) bond motifs is 1. The maximum absolute atomic E-state index is 11.7. The Morgan fingerprint density at radius 3 is 2.16 bits per heavy atom. The molecule has 12 heteroatoms. The zero-order valence-corrected chi connectivity index (χ0v) is 19.9. The number of aromatic nitrogens is 5. The highest BCUT2D eigenvalue weighted by atomic mass is 16.4. The lowest BCUT2D eigenvalue weighted by molar-refractivity contribution is 0.0694. The van der Waals surface area contributed by atoms with Gasteiger partial charge in [-0.2, -0.15) is 15.0 Å².